The maximum absolute atomic E-state index is 12.7. The van der Waals surface area contributed by atoms with Crippen LogP contribution in [0.25, 0.3) is 22.2 Å². The van der Waals surface area contributed by atoms with Gasteiger partial charge in [-0.1, -0.05) is 48.0 Å². The third kappa shape index (κ3) is 3.72. The lowest BCUT2D eigenvalue weighted by atomic mass is 9.93. The molecule has 0 saturated heterocycles. The molecule has 1 aromatic heterocycles. The van der Waals surface area contributed by atoms with E-state index in [9.17, 15) is 9.59 Å². The number of carbonyl (C=O) groups excluding carboxylic acids is 2. The van der Waals surface area contributed by atoms with Gasteiger partial charge in [0.2, 0.25) is 0 Å². The molecule has 5 nitrogen and oxygen atoms in total. The summed E-state index contributed by atoms with van der Waals surface area (Å²) < 4.78 is 10.4. The first-order valence-corrected chi connectivity index (χ1v) is 9.07. The van der Waals surface area contributed by atoms with Gasteiger partial charge in [0.05, 0.1) is 18.9 Å². The highest BCUT2D eigenvalue weighted by Crippen LogP contribution is 2.37. The Morgan fingerprint density at radius 1 is 0.926 bits per heavy atom. The second-order valence-corrected chi connectivity index (χ2v) is 6.26. The smallest absolute Gasteiger partial charge is 0.324 e. The molecule has 0 saturated carbocycles. The van der Waals surface area contributed by atoms with Crippen molar-refractivity contribution in [2.24, 2.45) is 0 Å². The number of hydrogen-bond acceptors (Lipinski definition) is 4. The predicted molar refractivity (Wildman–Crippen MR) is 104 cm³/mol. The number of carbonyl (C=O) groups is 2. The summed E-state index contributed by atoms with van der Waals surface area (Å²) in [6.45, 7) is 5.83. The van der Waals surface area contributed by atoms with Crippen LogP contribution in [-0.2, 0) is 19.1 Å². The molecule has 0 unspecified atom stereocenters. The quantitative estimate of drug-likeness (QED) is 0.521. The summed E-state index contributed by atoms with van der Waals surface area (Å²) in [5, 5.41) is 0.805. The van der Waals surface area contributed by atoms with Crippen molar-refractivity contribution in [3.63, 3.8) is 0 Å². The van der Waals surface area contributed by atoms with E-state index in [4.69, 9.17) is 9.47 Å². The van der Waals surface area contributed by atoms with E-state index in [0.717, 1.165) is 27.7 Å². The van der Waals surface area contributed by atoms with Crippen molar-refractivity contribution >= 4 is 22.8 Å². The zero-order chi connectivity index (χ0) is 19.4. The number of ether oxygens (including phenoxy) is 2. The van der Waals surface area contributed by atoms with Crippen LogP contribution in [-0.4, -0.2) is 30.1 Å². The molecule has 1 heterocycles. The molecule has 140 valence electrons. The van der Waals surface area contributed by atoms with Gasteiger partial charge in [-0.3, -0.25) is 9.59 Å². The molecule has 5 heteroatoms. The fourth-order valence-corrected chi connectivity index (χ4v) is 3.19. The van der Waals surface area contributed by atoms with Gasteiger partial charge in [0, 0.05) is 16.5 Å². The minimum Gasteiger partial charge on any atom is -0.465 e. The zero-order valence-corrected chi connectivity index (χ0v) is 15.7. The van der Waals surface area contributed by atoms with Crippen molar-refractivity contribution < 1.29 is 19.1 Å². The van der Waals surface area contributed by atoms with E-state index in [1.54, 1.807) is 13.8 Å². The van der Waals surface area contributed by atoms with Crippen molar-refractivity contribution in [2.75, 3.05) is 13.2 Å². The standard InChI is InChI=1S/C22H23NO4/c1-4-26-21(24)19(22(25)27-5-2)18-16-8-6-7-9-17(16)23-20(18)15-12-10-14(3)11-13-15/h6-13,19,23H,4-5H2,1-3H3. The number of H-pyrrole nitrogens is 1. The van der Waals surface area contributed by atoms with E-state index < -0.39 is 17.9 Å². The minimum atomic E-state index is -1.14. The molecule has 0 atom stereocenters. The molecular weight excluding hydrogens is 342 g/mol. The van der Waals surface area contributed by atoms with Gasteiger partial charge in [-0.25, -0.2) is 0 Å². The number of aromatic amines is 1. The fraction of sp³-hybridized carbons (Fsp3) is 0.273. The third-order valence-electron chi connectivity index (χ3n) is 4.42. The summed E-state index contributed by atoms with van der Waals surface area (Å²) in [5.74, 6) is -2.35. The second-order valence-electron chi connectivity index (χ2n) is 6.26. The van der Waals surface area contributed by atoms with Crippen LogP contribution in [0.3, 0.4) is 0 Å². The Bertz CT molecular complexity index is 938. The molecule has 0 fully saturated rings. The van der Waals surface area contributed by atoms with Crippen LogP contribution in [0.15, 0.2) is 48.5 Å². The van der Waals surface area contributed by atoms with Gasteiger partial charge in [-0.05, 0) is 32.4 Å². The molecule has 0 aliphatic heterocycles. The Morgan fingerprint density at radius 2 is 1.52 bits per heavy atom. The summed E-state index contributed by atoms with van der Waals surface area (Å²) in [6.07, 6.45) is 0. The largest absolute Gasteiger partial charge is 0.465 e. The molecule has 0 bridgehead atoms. The van der Waals surface area contributed by atoms with Crippen molar-refractivity contribution in [1.82, 2.24) is 4.98 Å². The maximum atomic E-state index is 12.7. The summed E-state index contributed by atoms with van der Waals surface area (Å²) in [5.41, 5.74) is 4.18. The Morgan fingerprint density at radius 3 is 2.11 bits per heavy atom. The third-order valence-corrected chi connectivity index (χ3v) is 4.42. The molecule has 0 aliphatic rings. The maximum Gasteiger partial charge on any atom is 0.324 e. The van der Waals surface area contributed by atoms with Crippen LogP contribution in [0.2, 0.25) is 0 Å². The number of benzene rings is 2. The van der Waals surface area contributed by atoms with Gasteiger partial charge in [-0.2, -0.15) is 0 Å². The van der Waals surface area contributed by atoms with Gasteiger partial charge < -0.3 is 14.5 Å². The highest BCUT2D eigenvalue weighted by atomic mass is 16.6. The number of hydrogen-bond donors (Lipinski definition) is 1. The first-order valence-electron chi connectivity index (χ1n) is 9.07. The van der Waals surface area contributed by atoms with Crippen molar-refractivity contribution in [1.29, 1.82) is 0 Å². The first-order chi connectivity index (χ1) is 13.1. The number of nitrogens with one attached hydrogen (secondary N) is 1. The molecule has 0 radical (unpaired) electrons. The molecule has 0 aliphatic carbocycles. The number of aryl methyl sites for hydroxylation is 1. The van der Waals surface area contributed by atoms with E-state index in [2.05, 4.69) is 4.98 Å². The molecule has 3 aromatic rings. The molecular formula is C22H23NO4. The van der Waals surface area contributed by atoms with E-state index in [0.29, 0.717) is 5.56 Å². The Labute approximate surface area is 158 Å². The van der Waals surface area contributed by atoms with Crippen LogP contribution >= 0.6 is 0 Å². The van der Waals surface area contributed by atoms with E-state index >= 15 is 0 Å². The highest BCUT2D eigenvalue weighted by molar-refractivity contribution is 6.07. The Kier molecular flexibility index (Phi) is 5.60. The Balaban J connectivity index is 2.25. The molecule has 0 spiro atoms. The normalized spacial score (nSPS) is 11.0. The molecule has 1 N–H and O–H groups in total. The van der Waals surface area contributed by atoms with Gasteiger partial charge in [0.25, 0.3) is 0 Å². The van der Waals surface area contributed by atoms with Crippen molar-refractivity contribution in [3.05, 3.63) is 59.7 Å². The van der Waals surface area contributed by atoms with Gasteiger partial charge in [-0.15, -0.1) is 0 Å². The average molecular weight is 365 g/mol. The number of fused-ring (bicyclic) bond motifs is 1. The Hall–Kier alpha value is -3.08. The van der Waals surface area contributed by atoms with Gasteiger partial charge in [0.1, 0.15) is 0 Å². The monoisotopic (exact) mass is 365 g/mol. The van der Waals surface area contributed by atoms with Crippen molar-refractivity contribution in [3.8, 4) is 11.3 Å². The van der Waals surface area contributed by atoms with Crippen LogP contribution < -0.4 is 0 Å². The minimum absolute atomic E-state index is 0.191. The lowest BCUT2D eigenvalue weighted by Gasteiger charge is -2.16. The van der Waals surface area contributed by atoms with Gasteiger partial charge >= 0.3 is 11.9 Å². The number of aromatic nitrogens is 1. The summed E-state index contributed by atoms with van der Waals surface area (Å²) >= 11 is 0. The fourth-order valence-electron chi connectivity index (χ4n) is 3.19. The van der Waals surface area contributed by atoms with Crippen LogP contribution in [0.1, 0.15) is 30.9 Å². The van der Waals surface area contributed by atoms with Gasteiger partial charge in [0.15, 0.2) is 5.92 Å². The molecule has 0 amide bonds. The second kappa shape index (κ2) is 8.08. The first kappa shape index (κ1) is 18.7. The SMILES string of the molecule is CCOC(=O)C(C(=O)OCC)c1c(-c2ccc(C)cc2)[nH]c2ccccc12. The summed E-state index contributed by atoms with van der Waals surface area (Å²) in [7, 11) is 0. The van der Waals surface area contributed by atoms with Crippen LogP contribution in [0.4, 0.5) is 0 Å². The topological polar surface area (TPSA) is 68.4 Å². The lowest BCUT2D eigenvalue weighted by molar-refractivity contribution is -0.156. The van der Waals surface area contributed by atoms with Crippen LogP contribution in [0, 0.1) is 6.92 Å². The van der Waals surface area contributed by atoms with Crippen molar-refractivity contribution in [2.45, 2.75) is 26.7 Å². The predicted octanol–water partition coefficient (Wildman–Crippen LogP) is 4.35. The number of rotatable bonds is 6. The summed E-state index contributed by atoms with van der Waals surface area (Å²) in [6, 6.07) is 15.5. The summed E-state index contributed by atoms with van der Waals surface area (Å²) in [4.78, 5) is 28.8. The van der Waals surface area contributed by atoms with E-state index in [-0.39, 0.29) is 13.2 Å². The zero-order valence-electron chi connectivity index (χ0n) is 15.7. The van der Waals surface area contributed by atoms with E-state index in [1.165, 1.54) is 0 Å². The van der Waals surface area contributed by atoms with E-state index in [1.807, 2.05) is 55.5 Å². The molecule has 3 rings (SSSR count). The number of esters is 2. The van der Waals surface area contributed by atoms with Crippen LogP contribution in [0.5, 0.6) is 0 Å². The molecule has 2 aromatic carbocycles. The average Bonchev–Trinajstić information content (AvgIpc) is 3.02. The molecule has 27 heavy (non-hydrogen) atoms. The lowest BCUT2D eigenvalue weighted by Crippen LogP contribution is -2.26. The number of para-hydroxylation sites is 1. The highest BCUT2D eigenvalue weighted by Gasteiger charge is 2.36.